The summed E-state index contributed by atoms with van der Waals surface area (Å²) in [5.74, 6) is -0.326. The molecule has 0 saturated carbocycles. The van der Waals surface area contributed by atoms with Crippen molar-refractivity contribution in [2.45, 2.75) is 55.4 Å². The second-order valence-corrected chi connectivity index (χ2v) is 12.6. The van der Waals surface area contributed by atoms with Gasteiger partial charge in [-0.1, -0.05) is 12.1 Å². The predicted molar refractivity (Wildman–Crippen MR) is 132 cm³/mol. The molecule has 8 nitrogen and oxygen atoms in total. The second kappa shape index (κ2) is 9.67. The largest absolute Gasteiger partial charge is 0.491 e. The van der Waals surface area contributed by atoms with E-state index in [4.69, 9.17) is 4.74 Å². The van der Waals surface area contributed by atoms with Gasteiger partial charge in [0.25, 0.3) is 0 Å². The van der Waals surface area contributed by atoms with Gasteiger partial charge in [-0.15, -0.1) is 0 Å². The van der Waals surface area contributed by atoms with Gasteiger partial charge in [-0.05, 0) is 56.5 Å². The van der Waals surface area contributed by atoms with Gasteiger partial charge in [0.2, 0.25) is 10.0 Å². The fourth-order valence-corrected chi connectivity index (χ4v) is 6.93. The topological polar surface area (TPSA) is 106 Å². The van der Waals surface area contributed by atoms with Crippen LogP contribution in [0.2, 0.25) is 0 Å². The highest BCUT2D eigenvalue weighted by Gasteiger charge is 2.37. The van der Waals surface area contributed by atoms with Crippen LogP contribution in [0.3, 0.4) is 0 Å². The van der Waals surface area contributed by atoms with Gasteiger partial charge in [0.1, 0.15) is 12.3 Å². The van der Waals surface area contributed by atoms with Crippen LogP contribution in [0.25, 0.3) is 10.9 Å². The van der Waals surface area contributed by atoms with Gasteiger partial charge < -0.3 is 14.4 Å². The number of benzene rings is 1. The average Bonchev–Trinajstić information content (AvgIpc) is 3.39. The molecule has 3 unspecified atom stereocenters. The minimum Gasteiger partial charge on any atom is -0.491 e. The molecule has 1 aliphatic heterocycles. The summed E-state index contributed by atoms with van der Waals surface area (Å²) in [7, 11) is -4.73. The van der Waals surface area contributed by atoms with Crippen LogP contribution in [-0.4, -0.2) is 63.3 Å². The number of aliphatic carboxylic acids is 1. The number of carboxylic acids is 1. The number of hydrogen-bond donors (Lipinski definition) is 1. The number of ether oxygens (including phenoxy) is 1. The van der Waals surface area contributed by atoms with Crippen LogP contribution in [0.4, 0.5) is 0 Å². The Bertz CT molecular complexity index is 1290. The van der Waals surface area contributed by atoms with Gasteiger partial charge in [-0.3, -0.25) is 9.00 Å². The maximum atomic E-state index is 13.3. The van der Waals surface area contributed by atoms with E-state index < -0.39 is 32.0 Å². The molecule has 0 bridgehead atoms. The quantitative estimate of drug-likeness (QED) is 0.589. The third kappa shape index (κ3) is 4.99. The molecule has 1 N–H and O–H groups in total. The molecule has 1 fully saturated rings. The first-order chi connectivity index (χ1) is 16.1. The zero-order valence-corrected chi connectivity index (χ0v) is 21.1. The fourth-order valence-electron chi connectivity index (χ4n) is 4.65. The Labute approximate surface area is 202 Å². The van der Waals surface area contributed by atoms with Gasteiger partial charge in [0, 0.05) is 52.5 Å². The van der Waals surface area contributed by atoms with Crippen LogP contribution < -0.4 is 0 Å². The summed E-state index contributed by atoms with van der Waals surface area (Å²) in [6.45, 7) is 4.40. The van der Waals surface area contributed by atoms with E-state index in [0.717, 1.165) is 10.9 Å². The monoisotopic (exact) mass is 506 g/mol. The van der Waals surface area contributed by atoms with E-state index >= 15 is 0 Å². The predicted octanol–water partition coefficient (Wildman–Crippen LogP) is 3.22. The zero-order chi connectivity index (χ0) is 24.6. The third-order valence-corrected chi connectivity index (χ3v) is 9.34. The van der Waals surface area contributed by atoms with Crippen LogP contribution >= 0.6 is 0 Å². The number of sulfonamides is 1. The number of carboxylic acid groups (broad SMARTS) is 1. The van der Waals surface area contributed by atoms with Crippen molar-refractivity contribution in [1.82, 2.24) is 8.87 Å². The number of carbonyl (C=O) groups is 1. The molecule has 10 heteroatoms. The smallest absolute Gasteiger partial charge is 0.323 e. The van der Waals surface area contributed by atoms with E-state index in [2.05, 4.69) is 0 Å². The van der Waals surface area contributed by atoms with Crippen molar-refractivity contribution in [1.29, 1.82) is 0 Å². The van der Waals surface area contributed by atoms with E-state index in [1.165, 1.54) is 0 Å². The Morgan fingerprint density at radius 3 is 2.71 bits per heavy atom. The van der Waals surface area contributed by atoms with E-state index in [0.29, 0.717) is 42.1 Å². The summed E-state index contributed by atoms with van der Waals surface area (Å²) in [5.41, 5.74) is 1.62. The van der Waals surface area contributed by atoms with Crippen molar-refractivity contribution in [3.63, 3.8) is 0 Å². The maximum absolute atomic E-state index is 13.3. The molecule has 0 radical (unpaired) electrons. The molecule has 0 amide bonds. The Hall–Kier alpha value is -2.43. The maximum Gasteiger partial charge on any atom is 0.323 e. The molecule has 1 aliphatic carbocycles. The molecule has 4 rings (SSSR count). The molecule has 34 heavy (non-hydrogen) atoms. The van der Waals surface area contributed by atoms with Gasteiger partial charge >= 0.3 is 5.97 Å². The van der Waals surface area contributed by atoms with Crippen molar-refractivity contribution in [3.05, 3.63) is 53.9 Å². The molecule has 2 heterocycles. The second-order valence-electron chi connectivity index (χ2n) is 9.03. The molecule has 184 valence electrons. The minimum absolute atomic E-state index is 0.0278. The molecular weight excluding hydrogens is 476 g/mol. The lowest BCUT2D eigenvalue weighted by Gasteiger charge is -2.24. The van der Waals surface area contributed by atoms with Gasteiger partial charge in [0.05, 0.1) is 16.9 Å². The highest BCUT2D eigenvalue weighted by atomic mass is 32.2. The van der Waals surface area contributed by atoms with Gasteiger partial charge in [-0.25, -0.2) is 12.7 Å². The van der Waals surface area contributed by atoms with Crippen LogP contribution in [-0.2, 0) is 36.9 Å². The van der Waals surface area contributed by atoms with Crippen molar-refractivity contribution in [3.8, 4) is 0 Å². The van der Waals surface area contributed by atoms with Crippen LogP contribution in [0.1, 0.15) is 38.2 Å². The standard InChI is InChI=1S/C24H30N2O6S2/c1-16(2)32-18-4-7-20(8-5-18)34(30,31)26-11-10-17(13-26)22-14-25(15-24(27)28)23-12-19(33(3)29)6-9-21(22)23/h4-7,9,12,14,16-17,20H,8,10-11,13,15H2,1-3H3,(H,27,28). The first-order valence-electron chi connectivity index (χ1n) is 11.3. The summed E-state index contributed by atoms with van der Waals surface area (Å²) in [6, 6.07) is 5.41. The van der Waals surface area contributed by atoms with Gasteiger partial charge in [-0.2, -0.15) is 0 Å². The Balaban J connectivity index is 1.57. The zero-order valence-electron chi connectivity index (χ0n) is 19.5. The first-order valence-corrected chi connectivity index (χ1v) is 14.3. The molecule has 2 aliphatic rings. The van der Waals surface area contributed by atoms with Crippen LogP contribution in [0.15, 0.2) is 53.3 Å². The molecule has 0 spiro atoms. The molecule has 1 saturated heterocycles. The van der Waals surface area contributed by atoms with Gasteiger partial charge in [0.15, 0.2) is 0 Å². The minimum atomic E-state index is -3.53. The number of nitrogens with zero attached hydrogens (tertiary/aromatic N) is 2. The highest BCUT2D eigenvalue weighted by Crippen LogP contribution is 2.37. The summed E-state index contributed by atoms with van der Waals surface area (Å²) in [6.07, 6.45) is 9.70. The highest BCUT2D eigenvalue weighted by molar-refractivity contribution is 7.89. The molecular formula is C24H30N2O6S2. The third-order valence-electron chi connectivity index (χ3n) is 6.25. The van der Waals surface area contributed by atoms with E-state index in [1.54, 1.807) is 45.6 Å². The van der Waals surface area contributed by atoms with Crippen LogP contribution in [0, 0.1) is 0 Å². The summed E-state index contributed by atoms with van der Waals surface area (Å²) in [5, 5.41) is 9.60. The number of fused-ring (bicyclic) bond motifs is 1. The summed E-state index contributed by atoms with van der Waals surface area (Å²) >= 11 is 0. The SMILES string of the molecule is CC(C)OC1=CCC(S(=O)(=O)N2CCC(c3cn(CC(=O)O)c4cc(S(C)=O)ccc34)C2)C=C1. The van der Waals surface area contributed by atoms with Crippen molar-refractivity contribution < 1.29 is 27.3 Å². The number of rotatable bonds is 8. The lowest BCUT2D eigenvalue weighted by molar-refractivity contribution is -0.137. The van der Waals surface area contributed by atoms with Crippen LogP contribution in [0.5, 0.6) is 0 Å². The molecule has 2 aromatic rings. The number of aromatic nitrogens is 1. The van der Waals surface area contributed by atoms with Crippen molar-refractivity contribution >= 4 is 37.7 Å². The normalized spacial score (nSPS) is 22.3. The first kappa shape index (κ1) is 24.7. The molecule has 3 atom stereocenters. The number of hydrogen-bond acceptors (Lipinski definition) is 5. The Morgan fingerprint density at radius 1 is 1.32 bits per heavy atom. The van der Waals surface area contributed by atoms with E-state index in [9.17, 15) is 22.5 Å². The summed E-state index contributed by atoms with van der Waals surface area (Å²) < 4.78 is 47.4. The van der Waals surface area contributed by atoms with Crippen molar-refractivity contribution in [2.24, 2.45) is 0 Å². The van der Waals surface area contributed by atoms with E-state index in [1.807, 2.05) is 26.0 Å². The summed E-state index contributed by atoms with van der Waals surface area (Å²) in [4.78, 5) is 12.0. The fraction of sp³-hybridized carbons (Fsp3) is 0.458. The lowest BCUT2D eigenvalue weighted by atomic mass is 9.98. The molecule has 1 aromatic heterocycles. The molecule has 1 aromatic carbocycles. The number of allylic oxidation sites excluding steroid dienone is 2. The lowest BCUT2D eigenvalue weighted by Crippen LogP contribution is -2.36. The Morgan fingerprint density at radius 2 is 2.09 bits per heavy atom. The van der Waals surface area contributed by atoms with E-state index in [-0.39, 0.29) is 18.6 Å². The average molecular weight is 507 g/mol. The van der Waals surface area contributed by atoms with Crippen molar-refractivity contribution in [2.75, 3.05) is 19.3 Å². The Kier molecular flexibility index (Phi) is 7.02.